The Hall–Kier alpha value is -2.49. The van der Waals surface area contributed by atoms with Gasteiger partial charge in [0.05, 0.1) is 18.8 Å². The molecule has 5 atom stereocenters. The van der Waals surface area contributed by atoms with E-state index in [4.69, 9.17) is 24.5 Å². The van der Waals surface area contributed by atoms with Gasteiger partial charge < -0.3 is 29.6 Å². The number of nitrogens with one attached hydrogen (secondary N) is 2. The van der Waals surface area contributed by atoms with Gasteiger partial charge in [0.1, 0.15) is 24.0 Å². The zero-order chi connectivity index (χ0) is 29.0. The van der Waals surface area contributed by atoms with Crippen molar-refractivity contribution in [2.24, 2.45) is 0 Å². The van der Waals surface area contributed by atoms with Crippen LogP contribution in [-0.2, 0) is 32.9 Å². The van der Waals surface area contributed by atoms with Gasteiger partial charge in [-0.3, -0.25) is 18.7 Å². The molecular weight excluding hydrogens is 535 g/mol. The average molecular weight is 569 g/mol. The molecule has 38 heavy (non-hydrogen) atoms. The highest BCUT2D eigenvalue weighted by Crippen LogP contribution is 2.45. The molecule has 1 fully saturated rings. The molecule has 0 saturated carbocycles. The Bertz CT molecular complexity index is 1070. The molecule has 2 rings (SSSR count). The van der Waals surface area contributed by atoms with Crippen LogP contribution >= 0.6 is 7.67 Å². The minimum absolute atomic E-state index is 0.207. The maximum Gasteiger partial charge on any atom is 0.351 e. The summed E-state index contributed by atoms with van der Waals surface area (Å²) in [5.74, 6) is -5.80. The maximum absolute atomic E-state index is 14.8. The van der Waals surface area contributed by atoms with Crippen molar-refractivity contribution in [3.63, 3.8) is 0 Å². The molecule has 1 aliphatic heterocycles. The van der Waals surface area contributed by atoms with E-state index in [0.717, 1.165) is 12.3 Å². The van der Waals surface area contributed by atoms with Gasteiger partial charge >= 0.3 is 31.2 Å². The van der Waals surface area contributed by atoms with Crippen molar-refractivity contribution >= 4 is 25.4 Å². The van der Waals surface area contributed by atoms with Crippen LogP contribution in [0.4, 0.5) is 14.6 Å². The fourth-order valence-electron chi connectivity index (χ4n) is 3.28. The summed E-state index contributed by atoms with van der Waals surface area (Å²) in [5, 5.41) is 15.0. The third kappa shape index (κ3) is 8.01. The second-order valence-corrected chi connectivity index (χ2v) is 11.1. The third-order valence-corrected chi connectivity index (χ3v) is 7.01. The first-order valence-electron chi connectivity index (χ1n) is 11.7. The van der Waals surface area contributed by atoms with Crippen LogP contribution in [0, 0.1) is 0 Å². The number of rotatable bonds is 12. The van der Waals surface area contributed by atoms with Crippen LogP contribution in [0.3, 0.4) is 0 Å². The number of esters is 2. The number of aromatic nitrogens is 2. The number of nitrogens with two attached hydrogens (primary N) is 1. The fraction of sp³-hybridized carbons (Fsp3) is 0.714. The van der Waals surface area contributed by atoms with Gasteiger partial charge in [0.2, 0.25) is 6.23 Å². The van der Waals surface area contributed by atoms with Gasteiger partial charge in [0.25, 0.3) is 0 Å². The number of carbonyl (C=O) groups is 2. The molecule has 216 valence electrons. The van der Waals surface area contributed by atoms with Crippen LogP contribution in [0.25, 0.3) is 0 Å². The van der Waals surface area contributed by atoms with Crippen molar-refractivity contribution in [3.05, 3.63) is 22.7 Å². The van der Waals surface area contributed by atoms with Crippen LogP contribution < -0.4 is 21.6 Å². The lowest BCUT2D eigenvalue weighted by atomic mass is 10.1. The summed E-state index contributed by atoms with van der Waals surface area (Å²) in [6.07, 6.45) is -6.60. The molecule has 0 aliphatic carbocycles. The third-order valence-electron chi connectivity index (χ3n) is 5.04. The zero-order valence-corrected chi connectivity index (χ0v) is 22.7. The van der Waals surface area contributed by atoms with E-state index in [9.17, 15) is 32.8 Å². The Morgan fingerprint density at radius 1 is 1.16 bits per heavy atom. The van der Waals surface area contributed by atoms with Crippen molar-refractivity contribution in [1.82, 2.24) is 19.7 Å². The smallest absolute Gasteiger partial charge is 0.351 e. The highest BCUT2D eigenvalue weighted by Gasteiger charge is 2.60. The molecule has 1 aliphatic rings. The Morgan fingerprint density at radius 2 is 1.66 bits per heavy atom. The van der Waals surface area contributed by atoms with E-state index in [1.165, 1.54) is 13.8 Å². The highest BCUT2D eigenvalue weighted by atomic mass is 31.2. The lowest BCUT2D eigenvalue weighted by molar-refractivity contribution is -0.149. The summed E-state index contributed by atoms with van der Waals surface area (Å²) in [6.45, 7) is 8.11. The first kappa shape index (κ1) is 31.7. The average Bonchev–Trinajstić information content (AvgIpc) is 3.00. The van der Waals surface area contributed by atoms with E-state index in [2.05, 4.69) is 15.2 Å². The fourth-order valence-corrected chi connectivity index (χ4v) is 5.10. The first-order chi connectivity index (χ1) is 17.5. The molecule has 0 bridgehead atoms. The molecule has 2 heterocycles. The van der Waals surface area contributed by atoms with E-state index < -0.39 is 80.6 Å². The second-order valence-electron chi connectivity index (χ2n) is 9.21. The summed E-state index contributed by atoms with van der Waals surface area (Å²) in [7, 11) is -4.39. The molecule has 5 N–H and O–H groups in total. The monoisotopic (exact) mass is 569 g/mol. The molecule has 1 saturated heterocycles. The maximum atomic E-state index is 14.8. The molecule has 0 spiro atoms. The van der Waals surface area contributed by atoms with Gasteiger partial charge in [-0.05, 0) is 47.6 Å². The van der Waals surface area contributed by atoms with Gasteiger partial charge in [0, 0.05) is 6.20 Å². The lowest BCUT2D eigenvalue weighted by Crippen LogP contribution is -2.44. The predicted octanol–water partition coefficient (Wildman–Crippen LogP) is 0.703. The number of alkyl halides is 2. The van der Waals surface area contributed by atoms with E-state index in [-0.39, 0.29) is 5.82 Å². The van der Waals surface area contributed by atoms with Gasteiger partial charge in [-0.2, -0.15) is 13.8 Å². The first-order valence-corrected chi connectivity index (χ1v) is 13.4. The Kier molecular flexibility index (Phi) is 10.5. The number of nitrogen functional groups attached to an aromatic ring is 1. The zero-order valence-electron chi connectivity index (χ0n) is 21.8. The number of anilines is 1. The number of hydrogen-bond acceptors (Lipinski definition) is 11. The van der Waals surface area contributed by atoms with Crippen molar-refractivity contribution in [2.75, 3.05) is 12.3 Å². The van der Waals surface area contributed by atoms with Gasteiger partial charge in [0.15, 0.2) is 6.10 Å². The Balaban J connectivity index is 2.25. The standard InChI is InChI=1S/C21H34F2N5O9P/c1-10(2)35-17(30)12(5)26-38(33,27-13(6)18(31)36-11(3)4)34-9-14-16(29)21(22,23)19(37-14)28-8-7-15(24)25-20(28)32/h7-8,10-14,16,19,29H,9H2,1-6H3,(H2,24,25,32)(H2,26,27,33). The van der Waals surface area contributed by atoms with Crippen molar-refractivity contribution in [3.8, 4) is 0 Å². The molecule has 0 amide bonds. The number of aliphatic hydroxyl groups is 1. The van der Waals surface area contributed by atoms with E-state index in [1.807, 2.05) is 0 Å². The molecule has 1 aromatic heterocycles. The largest absolute Gasteiger partial charge is 0.462 e. The minimum Gasteiger partial charge on any atom is -0.462 e. The lowest BCUT2D eigenvalue weighted by Gasteiger charge is -2.27. The molecule has 5 unspecified atom stereocenters. The topological polar surface area (TPSA) is 193 Å². The Morgan fingerprint density at radius 3 is 2.11 bits per heavy atom. The van der Waals surface area contributed by atoms with Crippen LogP contribution in [-0.4, -0.2) is 75.6 Å². The Labute approximate surface area is 217 Å². The number of halogens is 2. The number of nitrogens with zero attached hydrogens (tertiary/aromatic N) is 2. The van der Waals surface area contributed by atoms with Crippen molar-refractivity contribution < 1.29 is 46.8 Å². The molecule has 0 radical (unpaired) electrons. The van der Waals surface area contributed by atoms with Gasteiger partial charge in [-0.25, -0.2) is 15.0 Å². The summed E-state index contributed by atoms with van der Waals surface area (Å²) >= 11 is 0. The number of carbonyl (C=O) groups excluding carboxylic acids is 2. The van der Waals surface area contributed by atoms with Crippen LogP contribution in [0.5, 0.6) is 0 Å². The van der Waals surface area contributed by atoms with Crippen LogP contribution in [0.15, 0.2) is 17.1 Å². The molecule has 0 aromatic carbocycles. The summed E-state index contributed by atoms with van der Waals surface area (Å²) < 4.78 is 64.4. The van der Waals surface area contributed by atoms with E-state index in [0.29, 0.717) is 4.57 Å². The number of hydrogen-bond donors (Lipinski definition) is 4. The number of ether oxygens (including phenoxy) is 3. The van der Waals surface area contributed by atoms with E-state index in [1.54, 1.807) is 27.7 Å². The summed E-state index contributed by atoms with van der Waals surface area (Å²) in [6, 6.07) is -1.37. The SMILES string of the molecule is CC(C)OC(=O)C(C)NP(=O)(NC(C)C(=O)OC(C)C)OCC1OC(n2ccc(N)nc2=O)C(F)(F)C1O. The normalized spacial score (nSPS) is 24.1. The number of aliphatic hydroxyl groups excluding tert-OH is 1. The van der Waals surface area contributed by atoms with Gasteiger partial charge in [-0.1, -0.05) is 0 Å². The molecule has 17 heteroatoms. The van der Waals surface area contributed by atoms with Crippen LogP contribution in [0.2, 0.25) is 0 Å². The summed E-state index contributed by atoms with van der Waals surface area (Å²) in [5.41, 5.74) is 4.24. The summed E-state index contributed by atoms with van der Waals surface area (Å²) in [4.78, 5) is 39.9. The molecule has 1 aromatic rings. The highest BCUT2D eigenvalue weighted by molar-refractivity contribution is 7.54. The van der Waals surface area contributed by atoms with E-state index >= 15 is 0 Å². The second kappa shape index (κ2) is 12.6. The quantitative estimate of drug-likeness (QED) is 0.203. The van der Waals surface area contributed by atoms with Crippen LogP contribution in [0.1, 0.15) is 47.8 Å². The van der Waals surface area contributed by atoms with Gasteiger partial charge in [-0.15, -0.1) is 0 Å². The molecule has 14 nitrogen and oxygen atoms in total. The minimum atomic E-state index is -4.39. The van der Waals surface area contributed by atoms with Crippen molar-refractivity contribution in [2.45, 2.75) is 90.2 Å². The molecular formula is C21H34F2N5O9P. The predicted molar refractivity (Wildman–Crippen MR) is 129 cm³/mol. The van der Waals surface area contributed by atoms with Crippen molar-refractivity contribution in [1.29, 1.82) is 0 Å².